The van der Waals surface area contributed by atoms with Gasteiger partial charge in [0, 0.05) is 32.5 Å². The summed E-state index contributed by atoms with van der Waals surface area (Å²) in [6.07, 6.45) is 3.67. The van der Waals surface area contributed by atoms with Crippen LogP contribution in [0.15, 0.2) is 17.6 Å². The summed E-state index contributed by atoms with van der Waals surface area (Å²) in [4.78, 5) is 18.9. The van der Waals surface area contributed by atoms with E-state index < -0.39 is 0 Å². The normalized spacial score (nSPS) is 13.0. The molecule has 0 aliphatic carbocycles. The van der Waals surface area contributed by atoms with Gasteiger partial charge in [0.25, 0.3) is 0 Å². The summed E-state index contributed by atoms with van der Waals surface area (Å²) in [6, 6.07) is 0. The quantitative estimate of drug-likeness (QED) is 0.726. The molecule has 114 valence electrons. The van der Waals surface area contributed by atoms with Gasteiger partial charge >= 0.3 is 0 Å². The number of hydrogen-bond acceptors (Lipinski definition) is 3. The molecule has 1 heterocycles. The predicted octanol–water partition coefficient (Wildman–Crippen LogP) is 3.04. The van der Waals surface area contributed by atoms with Crippen LogP contribution in [0.2, 0.25) is 0 Å². The summed E-state index contributed by atoms with van der Waals surface area (Å²) < 4.78 is 1.95. The number of amides is 1. The van der Waals surface area contributed by atoms with Crippen LogP contribution in [0.25, 0.3) is 0 Å². The second kappa shape index (κ2) is 7.72. The van der Waals surface area contributed by atoms with E-state index in [9.17, 15) is 4.79 Å². The lowest BCUT2D eigenvalue weighted by Gasteiger charge is -2.28. The Morgan fingerprint density at radius 1 is 1.25 bits per heavy atom. The summed E-state index contributed by atoms with van der Waals surface area (Å²) in [5.74, 6) is 1.19. The standard InChI is InChI=1S/C15H27N3OS/c1-11(2)9-18(10-12(3)4)14(19)13(5)20-15-16-7-8-17(15)6/h7-8,11-13H,9-10H2,1-6H3. The van der Waals surface area contributed by atoms with Crippen molar-refractivity contribution in [2.75, 3.05) is 13.1 Å². The molecule has 0 bridgehead atoms. The summed E-state index contributed by atoms with van der Waals surface area (Å²) in [6.45, 7) is 12.2. The van der Waals surface area contributed by atoms with Crippen molar-refractivity contribution in [3.63, 3.8) is 0 Å². The monoisotopic (exact) mass is 297 g/mol. The average molecular weight is 297 g/mol. The minimum Gasteiger partial charge on any atom is -0.341 e. The Bertz CT molecular complexity index is 419. The number of rotatable bonds is 7. The third-order valence-electron chi connectivity index (χ3n) is 2.89. The summed E-state index contributed by atoms with van der Waals surface area (Å²) in [5, 5.41) is 0.786. The third-order valence-corrected chi connectivity index (χ3v) is 4.05. The molecule has 1 atom stereocenters. The Morgan fingerprint density at radius 3 is 2.20 bits per heavy atom. The van der Waals surface area contributed by atoms with Gasteiger partial charge in [0.15, 0.2) is 5.16 Å². The minimum absolute atomic E-state index is 0.103. The zero-order valence-electron chi connectivity index (χ0n) is 13.5. The number of nitrogens with zero attached hydrogens (tertiary/aromatic N) is 3. The highest BCUT2D eigenvalue weighted by Crippen LogP contribution is 2.23. The van der Waals surface area contributed by atoms with Gasteiger partial charge in [0.1, 0.15) is 0 Å². The van der Waals surface area contributed by atoms with Crippen molar-refractivity contribution in [2.45, 2.75) is 45.0 Å². The van der Waals surface area contributed by atoms with Crippen molar-refractivity contribution >= 4 is 17.7 Å². The van der Waals surface area contributed by atoms with E-state index in [1.807, 2.05) is 29.6 Å². The lowest BCUT2D eigenvalue weighted by Crippen LogP contribution is -2.41. The molecule has 0 aliphatic heterocycles. The van der Waals surface area contributed by atoms with E-state index in [4.69, 9.17) is 0 Å². The molecule has 1 rings (SSSR count). The fourth-order valence-electron chi connectivity index (χ4n) is 2.07. The molecule has 0 radical (unpaired) electrons. The molecule has 1 aromatic rings. The number of carbonyl (C=O) groups is 1. The lowest BCUT2D eigenvalue weighted by molar-refractivity contribution is -0.131. The van der Waals surface area contributed by atoms with E-state index in [0.29, 0.717) is 11.8 Å². The first-order valence-corrected chi connectivity index (χ1v) is 8.12. The number of thioether (sulfide) groups is 1. The molecule has 5 heteroatoms. The van der Waals surface area contributed by atoms with Crippen molar-refractivity contribution < 1.29 is 4.79 Å². The SMILES string of the molecule is CC(C)CN(CC(C)C)C(=O)C(C)Sc1nccn1C. The molecule has 0 spiro atoms. The van der Waals surface area contributed by atoms with Gasteiger partial charge in [-0.2, -0.15) is 0 Å². The molecule has 0 saturated carbocycles. The highest BCUT2D eigenvalue weighted by Gasteiger charge is 2.23. The second-order valence-corrected chi connectivity index (χ2v) is 7.42. The minimum atomic E-state index is -0.103. The van der Waals surface area contributed by atoms with E-state index in [-0.39, 0.29) is 11.2 Å². The average Bonchev–Trinajstić information content (AvgIpc) is 2.72. The van der Waals surface area contributed by atoms with Gasteiger partial charge in [-0.3, -0.25) is 4.79 Å². The van der Waals surface area contributed by atoms with Crippen LogP contribution in [0.1, 0.15) is 34.6 Å². The molecular formula is C15H27N3OS. The van der Waals surface area contributed by atoms with Gasteiger partial charge in [-0.15, -0.1) is 0 Å². The number of carbonyl (C=O) groups excluding carboxylic acids is 1. The molecular weight excluding hydrogens is 270 g/mol. The Morgan fingerprint density at radius 2 is 1.80 bits per heavy atom. The first kappa shape index (κ1) is 17.1. The van der Waals surface area contributed by atoms with Crippen molar-refractivity contribution in [2.24, 2.45) is 18.9 Å². The Hall–Kier alpha value is -0.970. The summed E-state index contributed by atoms with van der Waals surface area (Å²) in [7, 11) is 1.95. The van der Waals surface area contributed by atoms with E-state index in [0.717, 1.165) is 18.2 Å². The lowest BCUT2D eigenvalue weighted by atomic mass is 10.1. The topological polar surface area (TPSA) is 38.1 Å². The third kappa shape index (κ3) is 5.19. The van der Waals surface area contributed by atoms with Crippen LogP contribution in [-0.2, 0) is 11.8 Å². The van der Waals surface area contributed by atoms with Crippen LogP contribution in [0.5, 0.6) is 0 Å². The van der Waals surface area contributed by atoms with E-state index in [2.05, 4.69) is 32.7 Å². The molecule has 0 saturated heterocycles. The highest BCUT2D eigenvalue weighted by atomic mass is 32.2. The fourth-order valence-corrected chi connectivity index (χ4v) is 2.98. The molecule has 0 aromatic carbocycles. The smallest absolute Gasteiger partial charge is 0.235 e. The van der Waals surface area contributed by atoms with E-state index >= 15 is 0 Å². The number of imidazole rings is 1. The zero-order chi connectivity index (χ0) is 15.3. The maximum atomic E-state index is 12.6. The fraction of sp³-hybridized carbons (Fsp3) is 0.733. The van der Waals surface area contributed by atoms with Crippen LogP contribution in [0.4, 0.5) is 0 Å². The number of aryl methyl sites for hydroxylation is 1. The predicted molar refractivity (Wildman–Crippen MR) is 84.8 cm³/mol. The maximum absolute atomic E-state index is 12.6. The van der Waals surface area contributed by atoms with Gasteiger partial charge in [-0.05, 0) is 18.8 Å². The Labute approximate surface area is 126 Å². The largest absolute Gasteiger partial charge is 0.341 e. The molecule has 1 unspecified atom stereocenters. The summed E-state index contributed by atoms with van der Waals surface area (Å²) >= 11 is 1.53. The van der Waals surface area contributed by atoms with E-state index in [1.54, 1.807) is 6.20 Å². The summed E-state index contributed by atoms with van der Waals surface area (Å²) in [5.41, 5.74) is 0. The van der Waals surface area contributed by atoms with Crippen molar-refractivity contribution in [3.05, 3.63) is 12.4 Å². The highest BCUT2D eigenvalue weighted by molar-refractivity contribution is 8.00. The van der Waals surface area contributed by atoms with Gasteiger partial charge < -0.3 is 9.47 Å². The molecule has 0 fully saturated rings. The number of aromatic nitrogens is 2. The van der Waals surface area contributed by atoms with Crippen molar-refractivity contribution in [1.82, 2.24) is 14.5 Å². The van der Waals surface area contributed by atoms with Crippen LogP contribution < -0.4 is 0 Å². The van der Waals surface area contributed by atoms with Gasteiger partial charge in [0.05, 0.1) is 5.25 Å². The van der Waals surface area contributed by atoms with Gasteiger partial charge in [-0.1, -0.05) is 39.5 Å². The first-order valence-electron chi connectivity index (χ1n) is 7.24. The van der Waals surface area contributed by atoms with Crippen molar-refractivity contribution in [3.8, 4) is 0 Å². The maximum Gasteiger partial charge on any atom is 0.235 e. The first-order chi connectivity index (χ1) is 9.31. The van der Waals surface area contributed by atoms with Crippen LogP contribution in [-0.4, -0.2) is 38.7 Å². The molecule has 0 aliphatic rings. The van der Waals surface area contributed by atoms with Gasteiger partial charge in [-0.25, -0.2) is 4.98 Å². The second-order valence-electron chi connectivity index (χ2n) is 6.11. The molecule has 20 heavy (non-hydrogen) atoms. The number of hydrogen-bond donors (Lipinski definition) is 0. The van der Waals surface area contributed by atoms with Crippen LogP contribution in [0.3, 0.4) is 0 Å². The van der Waals surface area contributed by atoms with Crippen molar-refractivity contribution in [1.29, 1.82) is 0 Å². The zero-order valence-corrected chi connectivity index (χ0v) is 14.3. The van der Waals surface area contributed by atoms with Crippen LogP contribution >= 0.6 is 11.8 Å². The van der Waals surface area contributed by atoms with E-state index in [1.165, 1.54) is 11.8 Å². The Kier molecular flexibility index (Phi) is 6.59. The van der Waals surface area contributed by atoms with Gasteiger partial charge in [0.2, 0.25) is 5.91 Å². The van der Waals surface area contributed by atoms with Crippen LogP contribution in [0, 0.1) is 11.8 Å². The Balaban J connectivity index is 2.70. The molecule has 4 nitrogen and oxygen atoms in total. The molecule has 0 N–H and O–H groups in total. The molecule has 1 amide bonds. The molecule has 1 aromatic heterocycles.